The van der Waals surface area contributed by atoms with Crippen LogP contribution in [0.3, 0.4) is 0 Å². The van der Waals surface area contributed by atoms with Crippen LogP contribution in [-0.2, 0) is 4.79 Å². The third-order valence-electron chi connectivity index (χ3n) is 2.18. The van der Waals surface area contributed by atoms with E-state index in [1.807, 2.05) is 13.8 Å². The molecular weight excluding hydrogens is 156 g/mol. The van der Waals surface area contributed by atoms with Crippen molar-refractivity contribution in [3.8, 4) is 0 Å². The number of amides is 1. The Morgan fingerprint density at radius 3 is 2.25 bits per heavy atom. The van der Waals surface area contributed by atoms with Crippen LogP contribution in [0.25, 0.3) is 0 Å². The molecule has 0 spiro atoms. The Morgan fingerprint density at radius 2 is 2.08 bits per heavy atom. The first-order valence-electron chi connectivity index (χ1n) is 4.17. The summed E-state index contributed by atoms with van der Waals surface area (Å²) in [6, 6.07) is -0.259. The summed E-state index contributed by atoms with van der Waals surface area (Å²) in [6.07, 6.45) is 0. The molecule has 1 rings (SSSR count). The number of nitrogens with zero attached hydrogens (tertiary/aromatic N) is 1. The topological polar surface area (TPSA) is 52.6 Å². The number of nitrogens with one attached hydrogen (secondary N) is 1. The molecule has 0 aromatic heterocycles. The van der Waals surface area contributed by atoms with Gasteiger partial charge in [0.15, 0.2) is 0 Å². The van der Waals surface area contributed by atoms with E-state index >= 15 is 0 Å². The summed E-state index contributed by atoms with van der Waals surface area (Å²) in [7, 11) is 0. The van der Waals surface area contributed by atoms with Crippen molar-refractivity contribution in [1.82, 2.24) is 10.4 Å². The van der Waals surface area contributed by atoms with E-state index < -0.39 is 5.66 Å². The van der Waals surface area contributed by atoms with Crippen LogP contribution in [0.5, 0.6) is 0 Å². The molecule has 0 radical (unpaired) electrons. The van der Waals surface area contributed by atoms with Crippen molar-refractivity contribution >= 4 is 5.91 Å². The SMILES string of the molecule is CC(C)C1NC(C)(C)N(O)C1=O. The van der Waals surface area contributed by atoms with Gasteiger partial charge in [0.2, 0.25) is 0 Å². The smallest absolute Gasteiger partial charge is 0.265 e. The van der Waals surface area contributed by atoms with Crippen molar-refractivity contribution in [3.05, 3.63) is 0 Å². The lowest BCUT2D eigenvalue weighted by atomic mass is 10.1. The van der Waals surface area contributed by atoms with Gasteiger partial charge in [0.05, 0.1) is 6.04 Å². The molecular formula is C8H16N2O2. The summed E-state index contributed by atoms with van der Waals surface area (Å²) in [5.41, 5.74) is -0.633. The third kappa shape index (κ3) is 1.32. The highest BCUT2D eigenvalue weighted by Gasteiger charge is 2.44. The quantitative estimate of drug-likeness (QED) is 0.568. The van der Waals surface area contributed by atoms with Crippen LogP contribution < -0.4 is 5.32 Å². The number of hydroxylamine groups is 2. The van der Waals surface area contributed by atoms with Gasteiger partial charge in [0.25, 0.3) is 5.91 Å². The van der Waals surface area contributed by atoms with Crippen molar-refractivity contribution in [2.75, 3.05) is 0 Å². The Bertz CT molecular complexity index is 201. The molecule has 2 N–H and O–H groups in total. The van der Waals surface area contributed by atoms with Crippen molar-refractivity contribution in [3.63, 3.8) is 0 Å². The predicted octanol–water partition coefficient (Wildman–Crippen LogP) is 0.568. The molecule has 1 aliphatic heterocycles. The van der Waals surface area contributed by atoms with Crippen LogP contribution in [0, 0.1) is 5.92 Å². The lowest BCUT2D eigenvalue weighted by molar-refractivity contribution is -0.177. The Morgan fingerprint density at radius 1 is 1.58 bits per heavy atom. The van der Waals surface area contributed by atoms with Crippen LogP contribution in [0.15, 0.2) is 0 Å². The van der Waals surface area contributed by atoms with Crippen LogP contribution in [0.4, 0.5) is 0 Å². The molecule has 4 heteroatoms. The molecule has 1 atom stereocenters. The van der Waals surface area contributed by atoms with Crippen LogP contribution in [0.1, 0.15) is 27.7 Å². The molecule has 0 aromatic rings. The van der Waals surface area contributed by atoms with E-state index in [1.165, 1.54) is 0 Å². The highest BCUT2D eigenvalue weighted by Crippen LogP contribution is 2.22. The maximum absolute atomic E-state index is 11.4. The zero-order valence-electron chi connectivity index (χ0n) is 7.96. The fourth-order valence-corrected chi connectivity index (χ4v) is 1.36. The van der Waals surface area contributed by atoms with Gasteiger partial charge in [0, 0.05) is 0 Å². The first kappa shape index (κ1) is 9.48. The largest absolute Gasteiger partial charge is 0.284 e. The van der Waals surface area contributed by atoms with Gasteiger partial charge in [-0.05, 0) is 19.8 Å². The molecule has 1 fully saturated rings. The first-order valence-corrected chi connectivity index (χ1v) is 4.17. The van der Waals surface area contributed by atoms with Gasteiger partial charge in [-0.1, -0.05) is 13.8 Å². The van der Waals surface area contributed by atoms with Crippen molar-refractivity contribution < 1.29 is 10.0 Å². The molecule has 1 amide bonds. The van der Waals surface area contributed by atoms with E-state index in [1.54, 1.807) is 13.8 Å². The summed E-state index contributed by atoms with van der Waals surface area (Å²) < 4.78 is 0. The standard InChI is InChI=1S/C8H16N2O2/c1-5(2)6-7(11)10(12)8(3,4)9-6/h5-6,9,12H,1-4H3. The minimum absolute atomic E-state index is 0.203. The molecule has 0 bridgehead atoms. The van der Waals surface area contributed by atoms with Gasteiger partial charge >= 0.3 is 0 Å². The summed E-state index contributed by atoms with van der Waals surface area (Å²) in [5.74, 6) is -0.0380. The molecule has 0 saturated carbocycles. The van der Waals surface area contributed by atoms with Gasteiger partial charge in [-0.3, -0.25) is 15.3 Å². The number of rotatable bonds is 1. The van der Waals surface area contributed by atoms with Crippen molar-refractivity contribution in [2.45, 2.75) is 39.4 Å². The van der Waals surface area contributed by atoms with E-state index in [9.17, 15) is 10.0 Å². The minimum Gasteiger partial charge on any atom is -0.284 e. The number of hydrogen-bond donors (Lipinski definition) is 2. The summed E-state index contributed by atoms with van der Waals surface area (Å²) in [6.45, 7) is 7.44. The Labute approximate surface area is 72.5 Å². The molecule has 1 heterocycles. The Kier molecular flexibility index (Phi) is 2.14. The van der Waals surface area contributed by atoms with Crippen LogP contribution in [-0.4, -0.2) is 27.9 Å². The fourth-order valence-electron chi connectivity index (χ4n) is 1.36. The first-order chi connectivity index (χ1) is 5.36. The monoisotopic (exact) mass is 172 g/mol. The van der Waals surface area contributed by atoms with E-state index in [2.05, 4.69) is 5.32 Å². The lowest BCUT2D eigenvalue weighted by Gasteiger charge is -2.24. The summed E-state index contributed by atoms with van der Waals surface area (Å²) in [4.78, 5) is 11.4. The molecule has 1 saturated heterocycles. The van der Waals surface area contributed by atoms with Gasteiger partial charge in [-0.15, -0.1) is 0 Å². The predicted molar refractivity (Wildman–Crippen MR) is 44.5 cm³/mol. The highest BCUT2D eigenvalue weighted by molar-refractivity contribution is 5.84. The number of carbonyl (C=O) groups excluding carboxylic acids is 1. The summed E-state index contributed by atoms with van der Waals surface area (Å²) in [5, 5.41) is 13.2. The molecule has 12 heavy (non-hydrogen) atoms. The molecule has 4 nitrogen and oxygen atoms in total. The minimum atomic E-state index is -0.633. The second-order valence-corrected chi connectivity index (χ2v) is 4.08. The zero-order valence-corrected chi connectivity index (χ0v) is 7.96. The average molecular weight is 172 g/mol. The second-order valence-electron chi connectivity index (χ2n) is 4.08. The molecule has 1 unspecified atom stereocenters. The van der Waals surface area contributed by atoms with Gasteiger partial charge in [-0.2, -0.15) is 0 Å². The van der Waals surface area contributed by atoms with Crippen molar-refractivity contribution in [2.24, 2.45) is 5.92 Å². The second kappa shape index (κ2) is 2.71. The normalized spacial score (nSPS) is 28.7. The Hall–Kier alpha value is -0.610. The molecule has 0 aliphatic carbocycles. The molecule has 1 aliphatic rings. The van der Waals surface area contributed by atoms with Crippen LogP contribution >= 0.6 is 0 Å². The maximum atomic E-state index is 11.4. The molecule has 70 valence electrons. The van der Waals surface area contributed by atoms with Crippen LogP contribution in [0.2, 0.25) is 0 Å². The maximum Gasteiger partial charge on any atom is 0.265 e. The fraction of sp³-hybridized carbons (Fsp3) is 0.875. The van der Waals surface area contributed by atoms with E-state index in [0.29, 0.717) is 0 Å². The van der Waals surface area contributed by atoms with E-state index in [-0.39, 0.29) is 17.9 Å². The number of carbonyl (C=O) groups is 1. The van der Waals surface area contributed by atoms with Gasteiger partial charge < -0.3 is 0 Å². The van der Waals surface area contributed by atoms with E-state index in [4.69, 9.17) is 0 Å². The average Bonchev–Trinajstić information content (AvgIpc) is 2.14. The number of hydrogen-bond acceptors (Lipinski definition) is 3. The van der Waals surface area contributed by atoms with Gasteiger partial charge in [-0.25, -0.2) is 5.06 Å². The van der Waals surface area contributed by atoms with E-state index in [0.717, 1.165) is 5.06 Å². The summed E-state index contributed by atoms with van der Waals surface area (Å²) >= 11 is 0. The van der Waals surface area contributed by atoms with Gasteiger partial charge in [0.1, 0.15) is 5.66 Å². The third-order valence-corrected chi connectivity index (χ3v) is 2.18. The highest BCUT2D eigenvalue weighted by atomic mass is 16.5. The Balaban J connectivity index is 2.81. The molecule has 0 aromatic carbocycles. The van der Waals surface area contributed by atoms with Crippen molar-refractivity contribution in [1.29, 1.82) is 0 Å². The zero-order chi connectivity index (χ0) is 9.52. The lowest BCUT2D eigenvalue weighted by Crippen LogP contribution is -2.45.